The quantitative estimate of drug-likeness (QED) is 0.733. The highest BCUT2D eigenvalue weighted by atomic mass is 16.2. The zero-order valence-corrected chi connectivity index (χ0v) is 15.4. The summed E-state index contributed by atoms with van der Waals surface area (Å²) < 4.78 is 0. The second-order valence-electron chi connectivity index (χ2n) is 7.30. The molecule has 0 radical (unpaired) electrons. The van der Waals surface area contributed by atoms with Gasteiger partial charge in [-0.1, -0.05) is 30.3 Å². The van der Waals surface area contributed by atoms with E-state index in [9.17, 15) is 14.4 Å². The molecule has 2 heterocycles. The SMILES string of the molecule is CN1CC(=O)N(CCCC(=O)N2CCC(Cc3ccccc3)CC2)C1=O. The number of hydrogen-bond donors (Lipinski definition) is 0. The number of nitrogens with zero attached hydrogens (tertiary/aromatic N) is 3. The number of carbonyl (C=O) groups is 3. The third-order valence-electron chi connectivity index (χ3n) is 5.34. The van der Waals surface area contributed by atoms with Crippen LogP contribution in [0.3, 0.4) is 0 Å². The van der Waals surface area contributed by atoms with Crippen LogP contribution in [0.1, 0.15) is 31.2 Å². The van der Waals surface area contributed by atoms with Crippen molar-refractivity contribution < 1.29 is 14.4 Å². The fourth-order valence-electron chi connectivity index (χ4n) is 3.77. The van der Waals surface area contributed by atoms with E-state index < -0.39 is 0 Å². The lowest BCUT2D eigenvalue weighted by Gasteiger charge is -2.32. The molecule has 6 nitrogen and oxygen atoms in total. The first-order chi connectivity index (χ1) is 12.5. The average molecular weight is 357 g/mol. The first-order valence-corrected chi connectivity index (χ1v) is 9.42. The van der Waals surface area contributed by atoms with Crippen molar-refractivity contribution in [3.8, 4) is 0 Å². The monoisotopic (exact) mass is 357 g/mol. The third kappa shape index (κ3) is 4.42. The zero-order chi connectivity index (χ0) is 18.5. The molecular weight excluding hydrogens is 330 g/mol. The number of rotatable bonds is 6. The van der Waals surface area contributed by atoms with Crippen molar-refractivity contribution in [1.29, 1.82) is 0 Å². The molecular formula is C20H27N3O3. The van der Waals surface area contributed by atoms with E-state index in [4.69, 9.17) is 0 Å². The molecule has 0 atom stereocenters. The number of likely N-dealkylation sites (N-methyl/N-ethyl adjacent to an activating group) is 1. The summed E-state index contributed by atoms with van der Waals surface area (Å²) in [7, 11) is 1.62. The highest BCUT2D eigenvalue weighted by molar-refractivity contribution is 6.01. The largest absolute Gasteiger partial charge is 0.343 e. The van der Waals surface area contributed by atoms with Crippen LogP contribution in [-0.4, -0.2) is 65.8 Å². The van der Waals surface area contributed by atoms with E-state index in [0.29, 0.717) is 25.3 Å². The van der Waals surface area contributed by atoms with Crippen LogP contribution in [0.25, 0.3) is 0 Å². The molecule has 26 heavy (non-hydrogen) atoms. The summed E-state index contributed by atoms with van der Waals surface area (Å²) in [6, 6.07) is 10.2. The Balaban J connectivity index is 1.37. The van der Waals surface area contributed by atoms with E-state index in [1.165, 1.54) is 15.4 Å². The van der Waals surface area contributed by atoms with Crippen LogP contribution in [-0.2, 0) is 16.0 Å². The molecule has 0 unspecified atom stereocenters. The second-order valence-corrected chi connectivity index (χ2v) is 7.30. The lowest BCUT2D eigenvalue weighted by Crippen LogP contribution is -2.39. The Morgan fingerprint density at radius 2 is 1.81 bits per heavy atom. The van der Waals surface area contributed by atoms with E-state index in [1.54, 1.807) is 7.05 Å². The van der Waals surface area contributed by atoms with Crippen LogP contribution in [0.15, 0.2) is 30.3 Å². The minimum atomic E-state index is -0.260. The predicted octanol–water partition coefficient (Wildman–Crippen LogP) is 2.14. The van der Waals surface area contributed by atoms with Crippen LogP contribution >= 0.6 is 0 Å². The van der Waals surface area contributed by atoms with E-state index in [-0.39, 0.29) is 24.4 Å². The minimum absolute atomic E-state index is 0.135. The highest BCUT2D eigenvalue weighted by Crippen LogP contribution is 2.22. The Bertz CT molecular complexity index is 654. The van der Waals surface area contributed by atoms with Gasteiger partial charge in [0.2, 0.25) is 11.8 Å². The molecule has 6 heteroatoms. The molecule has 1 aromatic carbocycles. The van der Waals surface area contributed by atoms with Crippen LogP contribution in [0, 0.1) is 5.92 Å². The van der Waals surface area contributed by atoms with E-state index >= 15 is 0 Å². The van der Waals surface area contributed by atoms with Crippen molar-refractivity contribution in [3.63, 3.8) is 0 Å². The Morgan fingerprint density at radius 3 is 2.42 bits per heavy atom. The van der Waals surface area contributed by atoms with Gasteiger partial charge >= 0.3 is 6.03 Å². The topological polar surface area (TPSA) is 60.9 Å². The first-order valence-electron chi connectivity index (χ1n) is 9.42. The molecule has 0 aliphatic carbocycles. The molecule has 0 bridgehead atoms. The molecule has 2 aliphatic rings. The minimum Gasteiger partial charge on any atom is -0.343 e. The molecule has 0 spiro atoms. The van der Waals surface area contributed by atoms with Gasteiger partial charge in [-0.05, 0) is 37.2 Å². The Kier molecular flexibility index (Phi) is 5.91. The average Bonchev–Trinajstić information content (AvgIpc) is 2.89. The number of benzene rings is 1. The summed E-state index contributed by atoms with van der Waals surface area (Å²) >= 11 is 0. The number of hydrogen-bond acceptors (Lipinski definition) is 3. The van der Waals surface area contributed by atoms with Crippen LogP contribution < -0.4 is 0 Å². The maximum absolute atomic E-state index is 12.4. The van der Waals surface area contributed by atoms with E-state index in [1.807, 2.05) is 11.0 Å². The van der Waals surface area contributed by atoms with E-state index in [2.05, 4.69) is 24.3 Å². The van der Waals surface area contributed by atoms with Crippen molar-refractivity contribution in [3.05, 3.63) is 35.9 Å². The zero-order valence-electron chi connectivity index (χ0n) is 15.4. The smallest absolute Gasteiger partial charge is 0.326 e. The molecule has 3 rings (SSSR count). The van der Waals surface area contributed by atoms with Gasteiger partial charge in [0.1, 0.15) is 6.54 Å². The molecule has 2 saturated heterocycles. The highest BCUT2D eigenvalue weighted by Gasteiger charge is 2.33. The Morgan fingerprint density at radius 1 is 1.12 bits per heavy atom. The van der Waals surface area contributed by atoms with Crippen LogP contribution in [0.4, 0.5) is 4.79 Å². The number of imide groups is 1. The Labute approximate surface area is 154 Å². The summed E-state index contributed by atoms with van der Waals surface area (Å²) in [5.74, 6) is 0.596. The van der Waals surface area contributed by atoms with Crippen molar-refractivity contribution >= 4 is 17.8 Å². The first kappa shape index (κ1) is 18.4. The van der Waals surface area contributed by atoms with Gasteiger partial charge in [0.15, 0.2) is 0 Å². The van der Waals surface area contributed by atoms with Gasteiger partial charge < -0.3 is 9.80 Å². The van der Waals surface area contributed by atoms with E-state index in [0.717, 1.165) is 32.4 Å². The summed E-state index contributed by atoms with van der Waals surface area (Å²) in [4.78, 5) is 40.5. The van der Waals surface area contributed by atoms with Crippen LogP contribution in [0.2, 0.25) is 0 Å². The van der Waals surface area contributed by atoms with Gasteiger partial charge in [0.05, 0.1) is 0 Å². The fraction of sp³-hybridized carbons (Fsp3) is 0.550. The van der Waals surface area contributed by atoms with Gasteiger partial charge in [-0.15, -0.1) is 0 Å². The van der Waals surface area contributed by atoms with Gasteiger partial charge in [0, 0.05) is 33.1 Å². The van der Waals surface area contributed by atoms with Crippen molar-refractivity contribution in [2.75, 3.05) is 33.2 Å². The summed E-state index contributed by atoms with van der Waals surface area (Å²) in [6.07, 6.45) is 4.08. The number of carbonyl (C=O) groups excluding carboxylic acids is 3. The normalized spacial score (nSPS) is 18.7. The third-order valence-corrected chi connectivity index (χ3v) is 5.34. The van der Waals surface area contributed by atoms with Gasteiger partial charge in [-0.25, -0.2) is 4.79 Å². The molecule has 140 valence electrons. The summed E-state index contributed by atoms with van der Waals surface area (Å²) in [6.45, 7) is 2.08. The predicted molar refractivity (Wildman–Crippen MR) is 98.4 cm³/mol. The number of likely N-dealkylation sites (tertiary alicyclic amines) is 1. The molecule has 2 fully saturated rings. The lowest BCUT2D eigenvalue weighted by molar-refractivity contribution is -0.133. The molecule has 0 saturated carbocycles. The van der Waals surface area contributed by atoms with Gasteiger partial charge in [-0.2, -0.15) is 0 Å². The number of amides is 4. The Hall–Kier alpha value is -2.37. The second kappa shape index (κ2) is 8.34. The van der Waals surface area contributed by atoms with Gasteiger partial charge in [0.25, 0.3) is 0 Å². The molecule has 2 aliphatic heterocycles. The van der Waals surface area contributed by atoms with Crippen molar-refractivity contribution in [2.45, 2.75) is 32.1 Å². The van der Waals surface area contributed by atoms with Crippen molar-refractivity contribution in [2.24, 2.45) is 5.92 Å². The lowest BCUT2D eigenvalue weighted by atomic mass is 9.90. The standard InChI is InChI=1S/C20H27N3O3/c1-21-15-19(25)23(20(21)26)11-5-8-18(24)22-12-9-17(10-13-22)14-16-6-3-2-4-7-16/h2-4,6-7,17H,5,8-15H2,1H3. The summed E-state index contributed by atoms with van der Waals surface area (Å²) in [5, 5.41) is 0. The summed E-state index contributed by atoms with van der Waals surface area (Å²) in [5.41, 5.74) is 1.36. The van der Waals surface area contributed by atoms with Gasteiger partial charge in [-0.3, -0.25) is 14.5 Å². The molecule has 1 aromatic rings. The maximum atomic E-state index is 12.4. The molecule has 4 amide bonds. The molecule has 0 aromatic heterocycles. The van der Waals surface area contributed by atoms with Crippen molar-refractivity contribution in [1.82, 2.24) is 14.7 Å². The fourth-order valence-corrected chi connectivity index (χ4v) is 3.77. The number of urea groups is 1. The maximum Gasteiger partial charge on any atom is 0.326 e. The molecule has 0 N–H and O–H groups in total. The van der Waals surface area contributed by atoms with Crippen LogP contribution in [0.5, 0.6) is 0 Å². The number of piperidine rings is 1.